The van der Waals surface area contributed by atoms with Gasteiger partial charge in [0.1, 0.15) is 0 Å². The highest BCUT2D eigenvalue weighted by Gasteiger charge is 2.25. The van der Waals surface area contributed by atoms with Gasteiger partial charge in [-0.05, 0) is 61.2 Å². The summed E-state index contributed by atoms with van der Waals surface area (Å²) in [6.07, 6.45) is 3.53. The Morgan fingerprint density at radius 1 is 1.03 bits per heavy atom. The third-order valence-corrected chi connectivity index (χ3v) is 7.55. The standard InChI is InChI=1S/C23H25N3O4S/c1-2-16-14-22(27)25-21-15-18(8-11-20(16)21)24-23(28)17-6-9-19(10-7-17)31(29,30)26-12-4-3-5-13-26/h6-11,14-15H,2-5,12-13H2,1H3,(H,24,28)(H,25,27). The summed E-state index contributed by atoms with van der Waals surface area (Å²) in [6.45, 7) is 3.06. The topological polar surface area (TPSA) is 99.3 Å². The molecular formula is C23H25N3O4S. The Hall–Kier alpha value is -2.97. The van der Waals surface area contributed by atoms with E-state index in [0.717, 1.165) is 36.6 Å². The summed E-state index contributed by atoms with van der Waals surface area (Å²) in [5.41, 5.74) is 2.32. The molecule has 1 amide bonds. The number of piperidine rings is 1. The van der Waals surface area contributed by atoms with Crippen LogP contribution in [-0.2, 0) is 16.4 Å². The normalized spacial score (nSPS) is 15.1. The molecule has 162 valence electrons. The molecule has 1 saturated heterocycles. The molecule has 0 atom stereocenters. The number of carbonyl (C=O) groups excluding carboxylic acids is 1. The monoisotopic (exact) mass is 439 g/mol. The van der Waals surface area contributed by atoms with E-state index < -0.39 is 10.0 Å². The molecule has 1 fully saturated rings. The van der Waals surface area contributed by atoms with Gasteiger partial charge in [-0.15, -0.1) is 0 Å². The van der Waals surface area contributed by atoms with Crippen molar-refractivity contribution in [2.45, 2.75) is 37.5 Å². The molecule has 0 unspecified atom stereocenters. The van der Waals surface area contributed by atoms with E-state index in [1.807, 2.05) is 13.0 Å². The van der Waals surface area contributed by atoms with Gasteiger partial charge < -0.3 is 10.3 Å². The number of nitrogens with one attached hydrogen (secondary N) is 2. The number of pyridine rings is 1. The average molecular weight is 440 g/mol. The van der Waals surface area contributed by atoms with Crippen molar-refractivity contribution in [3.8, 4) is 0 Å². The molecule has 2 heterocycles. The molecule has 4 rings (SSSR count). The number of benzene rings is 2. The van der Waals surface area contributed by atoms with Gasteiger partial charge in [0, 0.05) is 35.8 Å². The second-order valence-corrected chi connectivity index (χ2v) is 9.65. The quantitative estimate of drug-likeness (QED) is 0.635. The number of nitrogens with zero attached hydrogens (tertiary/aromatic N) is 1. The fraction of sp³-hybridized carbons (Fsp3) is 0.304. The van der Waals surface area contributed by atoms with Crippen LogP contribution in [0, 0.1) is 0 Å². The third kappa shape index (κ3) is 4.40. The van der Waals surface area contributed by atoms with Crippen molar-refractivity contribution in [3.05, 3.63) is 70.0 Å². The SMILES string of the molecule is CCc1cc(=O)[nH]c2cc(NC(=O)c3ccc(S(=O)(=O)N4CCCCC4)cc3)ccc12. The van der Waals surface area contributed by atoms with Crippen molar-refractivity contribution in [1.82, 2.24) is 9.29 Å². The Kier molecular flexibility index (Phi) is 5.93. The van der Waals surface area contributed by atoms with E-state index in [0.29, 0.717) is 29.9 Å². The van der Waals surface area contributed by atoms with E-state index >= 15 is 0 Å². The van der Waals surface area contributed by atoms with Gasteiger partial charge in [0.25, 0.3) is 5.91 Å². The first kappa shape index (κ1) is 21.3. The van der Waals surface area contributed by atoms with Crippen molar-refractivity contribution in [2.75, 3.05) is 18.4 Å². The minimum atomic E-state index is -3.53. The number of aromatic amines is 1. The Balaban J connectivity index is 1.53. The molecule has 3 aromatic rings. The van der Waals surface area contributed by atoms with Crippen molar-refractivity contribution >= 4 is 32.5 Å². The van der Waals surface area contributed by atoms with Gasteiger partial charge in [0.2, 0.25) is 15.6 Å². The van der Waals surface area contributed by atoms with Crippen LogP contribution in [0.2, 0.25) is 0 Å². The number of amides is 1. The number of aryl methyl sites for hydroxylation is 1. The zero-order valence-electron chi connectivity index (χ0n) is 17.3. The number of sulfonamides is 1. The number of anilines is 1. The summed E-state index contributed by atoms with van der Waals surface area (Å²) in [7, 11) is -3.53. The molecule has 31 heavy (non-hydrogen) atoms. The van der Waals surface area contributed by atoms with Crippen LogP contribution in [0.15, 0.2) is 58.2 Å². The maximum Gasteiger partial charge on any atom is 0.255 e. The molecule has 1 aromatic heterocycles. The predicted molar refractivity (Wildman–Crippen MR) is 121 cm³/mol. The minimum absolute atomic E-state index is 0.182. The van der Waals surface area contributed by atoms with Gasteiger partial charge in [-0.25, -0.2) is 8.42 Å². The molecule has 0 radical (unpaired) electrons. The Morgan fingerprint density at radius 3 is 2.42 bits per heavy atom. The van der Waals surface area contributed by atoms with Crippen LogP contribution >= 0.6 is 0 Å². The smallest absolute Gasteiger partial charge is 0.255 e. The van der Waals surface area contributed by atoms with Gasteiger partial charge in [-0.2, -0.15) is 4.31 Å². The van der Waals surface area contributed by atoms with Crippen molar-refractivity contribution < 1.29 is 13.2 Å². The summed E-state index contributed by atoms with van der Waals surface area (Å²) in [5.74, 6) is -0.352. The number of hydrogen-bond donors (Lipinski definition) is 2. The lowest BCUT2D eigenvalue weighted by Gasteiger charge is -2.25. The molecule has 0 spiro atoms. The van der Waals surface area contributed by atoms with E-state index in [4.69, 9.17) is 0 Å². The first-order chi connectivity index (χ1) is 14.9. The maximum atomic E-state index is 12.8. The molecule has 7 nitrogen and oxygen atoms in total. The number of fused-ring (bicyclic) bond motifs is 1. The fourth-order valence-electron chi connectivity index (χ4n) is 3.94. The summed E-state index contributed by atoms with van der Waals surface area (Å²) in [6, 6.07) is 13.0. The van der Waals surface area contributed by atoms with Crippen LogP contribution in [0.25, 0.3) is 10.9 Å². The van der Waals surface area contributed by atoms with E-state index in [2.05, 4.69) is 10.3 Å². The zero-order valence-corrected chi connectivity index (χ0v) is 18.2. The first-order valence-electron chi connectivity index (χ1n) is 10.5. The largest absolute Gasteiger partial charge is 0.322 e. The number of H-pyrrole nitrogens is 1. The molecule has 2 aromatic carbocycles. The molecular weight excluding hydrogens is 414 g/mol. The van der Waals surface area contributed by atoms with Crippen LogP contribution in [0.3, 0.4) is 0 Å². The van der Waals surface area contributed by atoms with E-state index in [1.165, 1.54) is 28.6 Å². The predicted octanol–water partition coefficient (Wildman–Crippen LogP) is 3.52. The van der Waals surface area contributed by atoms with Crippen LogP contribution in [0.4, 0.5) is 5.69 Å². The summed E-state index contributed by atoms with van der Waals surface area (Å²) >= 11 is 0. The Bertz CT molecular complexity index is 1270. The van der Waals surface area contributed by atoms with Gasteiger partial charge in [0.15, 0.2) is 0 Å². The summed E-state index contributed by atoms with van der Waals surface area (Å²) in [4.78, 5) is 27.5. The highest BCUT2D eigenvalue weighted by Crippen LogP contribution is 2.23. The Morgan fingerprint density at radius 2 is 1.74 bits per heavy atom. The fourth-order valence-corrected chi connectivity index (χ4v) is 5.46. The lowest BCUT2D eigenvalue weighted by molar-refractivity contribution is 0.102. The van der Waals surface area contributed by atoms with E-state index in [9.17, 15) is 18.0 Å². The lowest BCUT2D eigenvalue weighted by Crippen LogP contribution is -2.35. The highest BCUT2D eigenvalue weighted by molar-refractivity contribution is 7.89. The lowest BCUT2D eigenvalue weighted by atomic mass is 10.1. The first-order valence-corrected chi connectivity index (χ1v) is 11.9. The second-order valence-electron chi connectivity index (χ2n) is 7.72. The maximum absolute atomic E-state index is 12.8. The number of rotatable bonds is 5. The molecule has 2 N–H and O–H groups in total. The highest BCUT2D eigenvalue weighted by atomic mass is 32.2. The molecule has 1 aliphatic rings. The third-order valence-electron chi connectivity index (χ3n) is 5.64. The van der Waals surface area contributed by atoms with Crippen LogP contribution < -0.4 is 10.9 Å². The van der Waals surface area contributed by atoms with Gasteiger partial charge in [-0.1, -0.05) is 19.4 Å². The number of aromatic nitrogens is 1. The number of carbonyl (C=O) groups is 1. The number of hydrogen-bond acceptors (Lipinski definition) is 4. The average Bonchev–Trinajstić information content (AvgIpc) is 2.79. The summed E-state index contributed by atoms with van der Waals surface area (Å²) < 4.78 is 27.0. The van der Waals surface area contributed by atoms with Gasteiger partial charge in [0.05, 0.1) is 10.4 Å². The van der Waals surface area contributed by atoms with Crippen LogP contribution in [0.5, 0.6) is 0 Å². The van der Waals surface area contributed by atoms with Crippen LogP contribution in [-0.4, -0.2) is 36.7 Å². The molecule has 1 aliphatic heterocycles. The molecule has 8 heteroatoms. The zero-order chi connectivity index (χ0) is 22.0. The molecule has 0 aliphatic carbocycles. The molecule has 0 bridgehead atoms. The van der Waals surface area contributed by atoms with Crippen molar-refractivity contribution in [3.63, 3.8) is 0 Å². The van der Waals surface area contributed by atoms with Crippen molar-refractivity contribution in [2.24, 2.45) is 0 Å². The van der Waals surface area contributed by atoms with E-state index in [-0.39, 0.29) is 16.4 Å². The van der Waals surface area contributed by atoms with Gasteiger partial charge in [-0.3, -0.25) is 9.59 Å². The second kappa shape index (κ2) is 8.64. The molecule has 0 saturated carbocycles. The van der Waals surface area contributed by atoms with E-state index in [1.54, 1.807) is 18.2 Å². The van der Waals surface area contributed by atoms with Crippen molar-refractivity contribution in [1.29, 1.82) is 0 Å². The minimum Gasteiger partial charge on any atom is -0.322 e. The summed E-state index contributed by atoms with van der Waals surface area (Å²) in [5, 5.41) is 3.75. The van der Waals surface area contributed by atoms with Gasteiger partial charge >= 0.3 is 0 Å². The van der Waals surface area contributed by atoms with Crippen LogP contribution in [0.1, 0.15) is 42.1 Å². The Labute approximate surface area is 181 Å².